The van der Waals surface area contributed by atoms with E-state index >= 15 is 0 Å². The number of hydrogen-bond donors (Lipinski definition) is 1. The monoisotopic (exact) mass is 277 g/mol. The van der Waals surface area contributed by atoms with Crippen LogP contribution in [0.5, 0.6) is 0 Å². The molecule has 0 radical (unpaired) electrons. The van der Waals surface area contributed by atoms with Crippen LogP contribution in [0.3, 0.4) is 0 Å². The Bertz CT molecular complexity index is 407. The van der Waals surface area contributed by atoms with Gasteiger partial charge in [-0.05, 0) is 45.8 Å². The van der Waals surface area contributed by atoms with Gasteiger partial charge in [0.05, 0.1) is 0 Å². The third kappa shape index (κ3) is 4.63. The topological polar surface area (TPSA) is 44.3 Å². The Balaban J connectivity index is 1.87. The molecule has 2 rings (SSSR count). The second-order valence-electron chi connectivity index (χ2n) is 6.04. The molecule has 1 N–H and O–H groups in total. The first kappa shape index (κ1) is 15.0. The molecule has 0 aromatic carbocycles. The van der Waals surface area contributed by atoms with E-state index < -0.39 is 0 Å². The molecule has 0 aliphatic carbocycles. The van der Waals surface area contributed by atoms with E-state index in [0.29, 0.717) is 0 Å². The number of piperidine rings is 1. The Labute approximate surface area is 122 Å². The van der Waals surface area contributed by atoms with Crippen molar-refractivity contribution in [2.45, 2.75) is 26.2 Å². The standard InChI is InChI=1S/C15H27N5/c1-13-6-4-9-20(11-13)15-10-14(17-12-18-15)16-7-5-8-19(2)3/h10,12-13H,4-9,11H2,1-3H3,(H,16,17,18). The predicted octanol–water partition coefficient (Wildman–Crippen LogP) is 2.08. The van der Waals surface area contributed by atoms with E-state index in [1.807, 2.05) is 0 Å². The van der Waals surface area contributed by atoms with Crippen molar-refractivity contribution >= 4 is 11.6 Å². The summed E-state index contributed by atoms with van der Waals surface area (Å²) in [4.78, 5) is 13.3. The van der Waals surface area contributed by atoms with E-state index in [0.717, 1.165) is 50.2 Å². The average Bonchev–Trinajstić information content (AvgIpc) is 2.44. The Hall–Kier alpha value is -1.36. The smallest absolute Gasteiger partial charge is 0.134 e. The van der Waals surface area contributed by atoms with E-state index in [1.165, 1.54) is 12.8 Å². The molecule has 1 unspecified atom stereocenters. The third-order valence-electron chi connectivity index (χ3n) is 3.72. The quantitative estimate of drug-likeness (QED) is 0.807. The zero-order valence-electron chi connectivity index (χ0n) is 13.0. The summed E-state index contributed by atoms with van der Waals surface area (Å²) in [6.07, 6.45) is 5.38. The maximum Gasteiger partial charge on any atom is 0.134 e. The number of rotatable bonds is 6. The van der Waals surface area contributed by atoms with Crippen LogP contribution in [0.2, 0.25) is 0 Å². The van der Waals surface area contributed by atoms with Gasteiger partial charge < -0.3 is 15.1 Å². The van der Waals surface area contributed by atoms with Crippen molar-refractivity contribution in [3.05, 3.63) is 12.4 Å². The van der Waals surface area contributed by atoms with Crippen molar-refractivity contribution in [3.8, 4) is 0 Å². The molecule has 0 saturated carbocycles. The van der Waals surface area contributed by atoms with Crippen LogP contribution in [0.25, 0.3) is 0 Å². The zero-order valence-corrected chi connectivity index (χ0v) is 13.0. The van der Waals surface area contributed by atoms with Crippen LogP contribution in [0, 0.1) is 5.92 Å². The van der Waals surface area contributed by atoms with Gasteiger partial charge in [-0.25, -0.2) is 9.97 Å². The molecule has 0 bridgehead atoms. The normalized spacial score (nSPS) is 19.4. The Morgan fingerprint density at radius 1 is 1.40 bits per heavy atom. The van der Waals surface area contributed by atoms with Crippen LogP contribution in [-0.4, -0.2) is 55.1 Å². The minimum Gasteiger partial charge on any atom is -0.370 e. The van der Waals surface area contributed by atoms with Crippen LogP contribution in [0.4, 0.5) is 11.6 Å². The predicted molar refractivity (Wildman–Crippen MR) is 84.3 cm³/mol. The van der Waals surface area contributed by atoms with Gasteiger partial charge in [0.25, 0.3) is 0 Å². The summed E-state index contributed by atoms with van der Waals surface area (Å²) in [5, 5.41) is 3.39. The van der Waals surface area contributed by atoms with Crippen molar-refractivity contribution < 1.29 is 0 Å². The fourth-order valence-corrected chi connectivity index (χ4v) is 2.63. The lowest BCUT2D eigenvalue weighted by molar-refractivity contribution is 0.405. The number of hydrogen-bond acceptors (Lipinski definition) is 5. The average molecular weight is 277 g/mol. The van der Waals surface area contributed by atoms with Crippen LogP contribution < -0.4 is 10.2 Å². The molecule has 1 aromatic rings. The van der Waals surface area contributed by atoms with Crippen molar-refractivity contribution in [2.24, 2.45) is 5.92 Å². The summed E-state index contributed by atoms with van der Waals surface area (Å²) < 4.78 is 0. The van der Waals surface area contributed by atoms with Crippen LogP contribution >= 0.6 is 0 Å². The summed E-state index contributed by atoms with van der Waals surface area (Å²) >= 11 is 0. The van der Waals surface area contributed by atoms with Gasteiger partial charge in [0.2, 0.25) is 0 Å². The first-order valence-corrected chi connectivity index (χ1v) is 7.61. The van der Waals surface area contributed by atoms with Gasteiger partial charge in [-0.1, -0.05) is 6.92 Å². The van der Waals surface area contributed by atoms with Crippen molar-refractivity contribution in [2.75, 3.05) is 50.5 Å². The summed E-state index contributed by atoms with van der Waals surface area (Å²) in [5.41, 5.74) is 0. The molecule has 5 nitrogen and oxygen atoms in total. The minimum absolute atomic E-state index is 0.759. The molecule has 1 saturated heterocycles. The first-order valence-electron chi connectivity index (χ1n) is 7.61. The maximum absolute atomic E-state index is 4.42. The molecule has 1 atom stereocenters. The van der Waals surface area contributed by atoms with E-state index in [2.05, 4.69) is 52.2 Å². The highest BCUT2D eigenvalue weighted by Crippen LogP contribution is 2.22. The Kier molecular flexibility index (Phi) is 5.59. The fourth-order valence-electron chi connectivity index (χ4n) is 2.63. The summed E-state index contributed by atoms with van der Waals surface area (Å²) in [5.74, 6) is 2.75. The number of aromatic nitrogens is 2. The largest absolute Gasteiger partial charge is 0.370 e. The fraction of sp³-hybridized carbons (Fsp3) is 0.733. The number of nitrogens with zero attached hydrogens (tertiary/aromatic N) is 4. The second kappa shape index (κ2) is 7.43. The number of nitrogens with one attached hydrogen (secondary N) is 1. The molecule has 0 amide bonds. The molecule has 5 heteroatoms. The lowest BCUT2D eigenvalue weighted by Gasteiger charge is -2.31. The first-order chi connectivity index (χ1) is 9.65. The van der Waals surface area contributed by atoms with Crippen molar-refractivity contribution in [3.63, 3.8) is 0 Å². The van der Waals surface area contributed by atoms with Gasteiger partial charge in [-0.15, -0.1) is 0 Å². The summed E-state index contributed by atoms with van der Waals surface area (Å²) in [7, 11) is 4.20. The molecule has 1 fully saturated rings. The van der Waals surface area contributed by atoms with E-state index in [9.17, 15) is 0 Å². The van der Waals surface area contributed by atoms with Crippen LogP contribution in [0.1, 0.15) is 26.2 Å². The highest BCUT2D eigenvalue weighted by molar-refractivity contribution is 5.48. The second-order valence-corrected chi connectivity index (χ2v) is 6.04. The molecule has 1 aliphatic heterocycles. The molecule has 1 aliphatic rings. The molecule has 20 heavy (non-hydrogen) atoms. The van der Waals surface area contributed by atoms with Gasteiger partial charge >= 0.3 is 0 Å². The molecular formula is C15H27N5. The Morgan fingerprint density at radius 2 is 2.25 bits per heavy atom. The van der Waals surface area contributed by atoms with Gasteiger partial charge in [0, 0.05) is 25.7 Å². The zero-order chi connectivity index (χ0) is 14.4. The molecule has 112 valence electrons. The highest BCUT2D eigenvalue weighted by atomic mass is 15.2. The van der Waals surface area contributed by atoms with E-state index in [1.54, 1.807) is 6.33 Å². The minimum atomic E-state index is 0.759. The van der Waals surface area contributed by atoms with Crippen molar-refractivity contribution in [1.82, 2.24) is 14.9 Å². The van der Waals surface area contributed by atoms with E-state index in [-0.39, 0.29) is 0 Å². The highest BCUT2D eigenvalue weighted by Gasteiger charge is 2.17. The van der Waals surface area contributed by atoms with Gasteiger partial charge in [-0.2, -0.15) is 0 Å². The van der Waals surface area contributed by atoms with Crippen LogP contribution in [-0.2, 0) is 0 Å². The number of anilines is 2. The summed E-state index contributed by atoms with van der Waals surface area (Å²) in [6.45, 7) is 6.58. The van der Waals surface area contributed by atoms with Gasteiger partial charge in [-0.3, -0.25) is 0 Å². The molecule has 0 spiro atoms. The van der Waals surface area contributed by atoms with Gasteiger partial charge in [0.1, 0.15) is 18.0 Å². The van der Waals surface area contributed by atoms with Gasteiger partial charge in [0.15, 0.2) is 0 Å². The molecule has 2 heterocycles. The lowest BCUT2D eigenvalue weighted by Crippen LogP contribution is -2.34. The van der Waals surface area contributed by atoms with Crippen molar-refractivity contribution in [1.29, 1.82) is 0 Å². The summed E-state index contributed by atoms with van der Waals surface area (Å²) in [6, 6.07) is 2.08. The Morgan fingerprint density at radius 3 is 3.00 bits per heavy atom. The van der Waals surface area contributed by atoms with Crippen LogP contribution in [0.15, 0.2) is 12.4 Å². The lowest BCUT2D eigenvalue weighted by atomic mass is 10.0. The van der Waals surface area contributed by atoms with E-state index in [4.69, 9.17) is 0 Å². The maximum atomic E-state index is 4.42. The molecular weight excluding hydrogens is 250 g/mol. The molecule has 1 aromatic heterocycles. The SMILES string of the molecule is CC1CCCN(c2cc(NCCCN(C)C)ncn2)C1. The third-order valence-corrected chi connectivity index (χ3v) is 3.72.